The van der Waals surface area contributed by atoms with E-state index in [2.05, 4.69) is 10.1 Å². The van der Waals surface area contributed by atoms with Gasteiger partial charge in [0.25, 0.3) is 0 Å². The molecule has 2 rings (SSSR count). The van der Waals surface area contributed by atoms with Crippen molar-refractivity contribution in [3.63, 3.8) is 0 Å². The molecule has 0 radical (unpaired) electrons. The molecular weight excluding hydrogens is 194 g/mol. The van der Waals surface area contributed by atoms with Crippen LogP contribution in [0, 0.1) is 0 Å². The molecule has 5 heteroatoms. The lowest BCUT2D eigenvalue weighted by Gasteiger charge is -1.99. The Morgan fingerprint density at radius 1 is 1.47 bits per heavy atom. The van der Waals surface area contributed by atoms with Crippen LogP contribution in [0.1, 0.15) is 10.4 Å². The summed E-state index contributed by atoms with van der Waals surface area (Å²) in [6, 6.07) is 4.93. The molecule has 76 valence electrons. The van der Waals surface area contributed by atoms with Crippen LogP contribution in [-0.4, -0.2) is 20.7 Å². The first kappa shape index (κ1) is 9.39. The maximum atomic E-state index is 11.5. The number of aryl methyl sites for hydroxylation is 1. The number of rotatable bonds is 2. The van der Waals surface area contributed by atoms with E-state index in [1.165, 1.54) is 6.20 Å². The Kier molecular flexibility index (Phi) is 2.45. The van der Waals surface area contributed by atoms with Gasteiger partial charge < -0.3 is 4.74 Å². The third kappa shape index (κ3) is 2.19. The Morgan fingerprint density at radius 3 is 2.93 bits per heavy atom. The molecule has 0 fully saturated rings. The number of hydrogen-bond acceptors (Lipinski definition) is 4. The molecular formula is C10H9N3O2. The first-order chi connectivity index (χ1) is 7.25. The van der Waals surface area contributed by atoms with Crippen molar-refractivity contribution < 1.29 is 9.53 Å². The minimum absolute atomic E-state index is 0.284. The minimum Gasteiger partial charge on any atom is -0.402 e. The zero-order valence-corrected chi connectivity index (χ0v) is 8.12. The molecule has 0 saturated carbocycles. The molecule has 5 nitrogen and oxygen atoms in total. The summed E-state index contributed by atoms with van der Waals surface area (Å²) in [6.45, 7) is 0. The lowest BCUT2D eigenvalue weighted by Crippen LogP contribution is -2.09. The van der Waals surface area contributed by atoms with Crippen LogP contribution >= 0.6 is 0 Å². The topological polar surface area (TPSA) is 57.0 Å². The minimum atomic E-state index is -0.457. The fourth-order valence-electron chi connectivity index (χ4n) is 1.09. The highest BCUT2D eigenvalue weighted by atomic mass is 16.5. The summed E-state index contributed by atoms with van der Waals surface area (Å²) in [4.78, 5) is 15.3. The third-order valence-electron chi connectivity index (χ3n) is 1.78. The molecule has 0 aliphatic rings. The van der Waals surface area contributed by atoms with Gasteiger partial charge in [0.05, 0.1) is 5.56 Å². The maximum Gasteiger partial charge on any atom is 0.346 e. The smallest absolute Gasteiger partial charge is 0.346 e. The fraction of sp³-hybridized carbons (Fsp3) is 0.100. The molecule has 2 aromatic rings. The van der Waals surface area contributed by atoms with Gasteiger partial charge in [-0.05, 0) is 12.1 Å². The number of hydrogen-bond donors (Lipinski definition) is 0. The summed E-state index contributed by atoms with van der Waals surface area (Å²) in [5.41, 5.74) is 0.406. The van der Waals surface area contributed by atoms with Crippen molar-refractivity contribution in [2.45, 2.75) is 0 Å². The van der Waals surface area contributed by atoms with Gasteiger partial charge in [0, 0.05) is 31.7 Å². The lowest BCUT2D eigenvalue weighted by molar-refractivity contribution is 0.0726. The lowest BCUT2D eigenvalue weighted by atomic mass is 10.3. The first-order valence-corrected chi connectivity index (χ1v) is 4.37. The van der Waals surface area contributed by atoms with E-state index in [1.807, 2.05) is 0 Å². The van der Waals surface area contributed by atoms with Crippen LogP contribution in [0.25, 0.3) is 0 Å². The standard InChI is InChI=1S/C10H9N3O2/c1-13-6-4-9(12-13)15-10(14)8-3-2-5-11-7-8/h2-7H,1H3. The van der Waals surface area contributed by atoms with Crippen LogP contribution in [0.3, 0.4) is 0 Å². The second kappa shape index (κ2) is 3.91. The second-order valence-electron chi connectivity index (χ2n) is 2.96. The monoisotopic (exact) mass is 203 g/mol. The van der Waals surface area contributed by atoms with Crippen molar-refractivity contribution in [2.24, 2.45) is 7.05 Å². The summed E-state index contributed by atoms with van der Waals surface area (Å²) in [5, 5.41) is 3.93. The molecule has 0 aromatic carbocycles. The van der Waals surface area contributed by atoms with Gasteiger partial charge in [-0.3, -0.25) is 9.67 Å². The number of pyridine rings is 1. The van der Waals surface area contributed by atoms with E-state index in [0.717, 1.165) is 0 Å². The number of carbonyl (C=O) groups is 1. The van der Waals surface area contributed by atoms with Crippen molar-refractivity contribution in [1.29, 1.82) is 0 Å². The fourth-order valence-corrected chi connectivity index (χ4v) is 1.09. The van der Waals surface area contributed by atoms with Gasteiger partial charge >= 0.3 is 5.97 Å². The highest BCUT2D eigenvalue weighted by Gasteiger charge is 2.09. The Hall–Kier alpha value is -2.17. The molecule has 0 amide bonds. The Morgan fingerprint density at radius 2 is 2.33 bits per heavy atom. The van der Waals surface area contributed by atoms with Crippen LogP contribution in [-0.2, 0) is 7.05 Å². The molecule has 2 aromatic heterocycles. The maximum absolute atomic E-state index is 11.5. The van der Waals surface area contributed by atoms with Crippen molar-refractivity contribution >= 4 is 5.97 Å². The highest BCUT2D eigenvalue weighted by Crippen LogP contribution is 2.07. The normalized spacial score (nSPS) is 9.93. The number of ether oxygens (including phenoxy) is 1. The summed E-state index contributed by atoms with van der Waals surface area (Å²) < 4.78 is 6.57. The molecule has 0 atom stereocenters. The number of esters is 1. The van der Waals surface area contributed by atoms with Gasteiger partial charge in [0.15, 0.2) is 0 Å². The summed E-state index contributed by atoms with van der Waals surface area (Å²) >= 11 is 0. The Bertz CT molecular complexity index is 465. The average Bonchev–Trinajstić information content (AvgIpc) is 2.65. The predicted octanol–water partition coefficient (Wildman–Crippen LogP) is 1.03. The van der Waals surface area contributed by atoms with E-state index in [9.17, 15) is 4.79 Å². The molecule has 0 bridgehead atoms. The molecule has 15 heavy (non-hydrogen) atoms. The quantitative estimate of drug-likeness (QED) is 0.684. The molecule has 0 aliphatic carbocycles. The number of aromatic nitrogens is 3. The Balaban J connectivity index is 2.11. The largest absolute Gasteiger partial charge is 0.402 e. The number of carbonyl (C=O) groups excluding carboxylic acids is 1. The highest BCUT2D eigenvalue weighted by molar-refractivity contribution is 5.90. The van der Waals surface area contributed by atoms with Crippen LogP contribution in [0.4, 0.5) is 0 Å². The zero-order chi connectivity index (χ0) is 10.7. The van der Waals surface area contributed by atoms with Gasteiger partial charge in [-0.1, -0.05) is 0 Å². The van der Waals surface area contributed by atoms with Crippen LogP contribution in [0.5, 0.6) is 5.88 Å². The van der Waals surface area contributed by atoms with Gasteiger partial charge in [-0.2, -0.15) is 0 Å². The van der Waals surface area contributed by atoms with Gasteiger partial charge in [0.2, 0.25) is 5.88 Å². The zero-order valence-electron chi connectivity index (χ0n) is 8.12. The van der Waals surface area contributed by atoms with Crippen molar-refractivity contribution in [2.75, 3.05) is 0 Å². The van der Waals surface area contributed by atoms with Crippen molar-refractivity contribution in [3.05, 3.63) is 42.4 Å². The molecule has 2 heterocycles. The number of nitrogens with zero attached hydrogens (tertiary/aromatic N) is 3. The van der Waals surface area contributed by atoms with E-state index in [0.29, 0.717) is 5.56 Å². The molecule has 0 aliphatic heterocycles. The van der Waals surface area contributed by atoms with Crippen LogP contribution < -0.4 is 4.74 Å². The predicted molar refractivity (Wildman–Crippen MR) is 52.4 cm³/mol. The van der Waals surface area contributed by atoms with Crippen LogP contribution in [0.2, 0.25) is 0 Å². The Labute approximate surface area is 86.3 Å². The van der Waals surface area contributed by atoms with E-state index in [-0.39, 0.29) is 5.88 Å². The van der Waals surface area contributed by atoms with E-state index >= 15 is 0 Å². The summed E-state index contributed by atoms with van der Waals surface area (Å²) in [6.07, 6.45) is 4.74. The average molecular weight is 203 g/mol. The van der Waals surface area contributed by atoms with E-state index in [4.69, 9.17) is 4.74 Å². The van der Waals surface area contributed by atoms with E-state index in [1.54, 1.807) is 42.3 Å². The molecule has 0 N–H and O–H groups in total. The summed E-state index contributed by atoms with van der Waals surface area (Å²) in [5.74, 6) is -0.173. The van der Waals surface area contributed by atoms with Gasteiger partial charge in [0.1, 0.15) is 0 Å². The third-order valence-corrected chi connectivity index (χ3v) is 1.78. The molecule has 0 saturated heterocycles. The van der Waals surface area contributed by atoms with Gasteiger partial charge in [-0.15, -0.1) is 5.10 Å². The van der Waals surface area contributed by atoms with Crippen molar-refractivity contribution in [1.82, 2.24) is 14.8 Å². The first-order valence-electron chi connectivity index (χ1n) is 4.37. The summed E-state index contributed by atoms with van der Waals surface area (Å²) in [7, 11) is 1.75. The molecule has 0 spiro atoms. The molecule has 0 unspecified atom stereocenters. The van der Waals surface area contributed by atoms with Crippen LogP contribution in [0.15, 0.2) is 36.8 Å². The SMILES string of the molecule is Cn1ccc(OC(=O)c2cccnc2)n1. The van der Waals surface area contributed by atoms with Crippen molar-refractivity contribution in [3.8, 4) is 5.88 Å². The van der Waals surface area contributed by atoms with Gasteiger partial charge in [-0.25, -0.2) is 4.79 Å². The second-order valence-corrected chi connectivity index (χ2v) is 2.96. The van der Waals surface area contributed by atoms with E-state index < -0.39 is 5.97 Å².